The molecule has 0 saturated carbocycles. The zero-order valence-corrected chi connectivity index (χ0v) is 8.92. The van der Waals surface area contributed by atoms with Crippen LogP contribution in [0.4, 0.5) is 0 Å². The molecule has 0 aromatic carbocycles. The molecule has 1 aromatic heterocycles. The monoisotopic (exact) mass is 276 g/mol. The van der Waals surface area contributed by atoms with E-state index >= 15 is 0 Å². The fourth-order valence-corrected chi connectivity index (χ4v) is 1.10. The molecule has 0 bridgehead atoms. The van der Waals surface area contributed by atoms with E-state index in [1.165, 1.54) is 0 Å². The summed E-state index contributed by atoms with van der Waals surface area (Å²) in [5.74, 6) is 0. The zero-order chi connectivity index (χ0) is 7.40. The Balaban J connectivity index is 0.000001000. The Kier molecular flexibility index (Phi) is 5.08. The highest BCUT2D eigenvalue weighted by atomic mass is 79.9. The predicted octanol–water partition coefficient (Wildman–Crippen LogP) is 2.43. The molecule has 2 nitrogen and oxygen atoms in total. The van der Waals surface area contributed by atoms with Crippen molar-refractivity contribution in [3.8, 4) is 6.07 Å². The third kappa shape index (κ3) is 2.60. The molecular weight excluding hydrogens is 272 g/mol. The Morgan fingerprint density at radius 1 is 1.64 bits per heavy atom. The van der Waals surface area contributed by atoms with E-state index in [0.29, 0.717) is 11.0 Å². The van der Waals surface area contributed by atoms with Gasteiger partial charge < -0.3 is 0 Å². The first-order valence-corrected chi connectivity index (χ1v) is 3.90. The summed E-state index contributed by atoms with van der Waals surface area (Å²) >= 11 is 3.26. The number of rotatable bonds is 1. The third-order valence-electron chi connectivity index (χ3n) is 1.14. The van der Waals surface area contributed by atoms with E-state index in [9.17, 15) is 0 Å². The van der Waals surface area contributed by atoms with E-state index in [4.69, 9.17) is 5.26 Å². The maximum atomic E-state index is 8.52. The predicted molar refractivity (Wildman–Crippen MR) is 51.9 cm³/mol. The molecule has 0 aliphatic heterocycles. The van der Waals surface area contributed by atoms with Crippen LogP contribution in [-0.2, 0) is 5.33 Å². The minimum atomic E-state index is 0. The second-order valence-corrected chi connectivity index (χ2v) is 2.32. The highest BCUT2D eigenvalue weighted by Crippen LogP contribution is 2.07. The topological polar surface area (TPSA) is 36.7 Å². The van der Waals surface area contributed by atoms with Gasteiger partial charge in [-0.05, 0) is 11.6 Å². The number of aromatic nitrogens is 1. The summed E-state index contributed by atoms with van der Waals surface area (Å²) in [7, 11) is 0. The van der Waals surface area contributed by atoms with Crippen molar-refractivity contribution in [3.05, 3.63) is 29.6 Å². The first-order valence-electron chi connectivity index (χ1n) is 2.78. The van der Waals surface area contributed by atoms with Gasteiger partial charge in [-0.2, -0.15) is 5.26 Å². The van der Waals surface area contributed by atoms with Gasteiger partial charge in [0.1, 0.15) is 11.8 Å². The lowest BCUT2D eigenvalue weighted by Gasteiger charge is -1.93. The van der Waals surface area contributed by atoms with Crippen molar-refractivity contribution in [2.24, 2.45) is 0 Å². The lowest BCUT2D eigenvalue weighted by atomic mass is 10.2. The van der Waals surface area contributed by atoms with Crippen LogP contribution in [0.5, 0.6) is 0 Å². The molecule has 4 heteroatoms. The van der Waals surface area contributed by atoms with Crippen LogP contribution in [0.2, 0.25) is 0 Å². The first kappa shape index (κ1) is 10.6. The van der Waals surface area contributed by atoms with Crippen molar-refractivity contribution in [1.29, 1.82) is 5.26 Å². The summed E-state index contributed by atoms with van der Waals surface area (Å²) in [6, 6.07) is 5.70. The average molecular weight is 278 g/mol. The van der Waals surface area contributed by atoms with E-state index in [-0.39, 0.29) is 17.0 Å². The van der Waals surface area contributed by atoms with Crippen molar-refractivity contribution in [3.63, 3.8) is 0 Å². The molecular formula is C7H6Br2N2. The number of halogens is 2. The minimum absolute atomic E-state index is 0. The molecule has 0 amide bonds. The van der Waals surface area contributed by atoms with Crippen LogP contribution in [-0.4, -0.2) is 4.98 Å². The van der Waals surface area contributed by atoms with Crippen LogP contribution >= 0.6 is 32.9 Å². The van der Waals surface area contributed by atoms with Crippen LogP contribution in [0.3, 0.4) is 0 Å². The van der Waals surface area contributed by atoms with Crippen molar-refractivity contribution >= 4 is 32.9 Å². The number of pyridine rings is 1. The largest absolute Gasteiger partial charge is 0.245 e. The fourth-order valence-electron chi connectivity index (χ4n) is 0.647. The van der Waals surface area contributed by atoms with Crippen LogP contribution in [0.1, 0.15) is 11.3 Å². The van der Waals surface area contributed by atoms with Gasteiger partial charge in [0.25, 0.3) is 0 Å². The molecule has 0 atom stereocenters. The summed E-state index contributed by atoms with van der Waals surface area (Å²) in [6.45, 7) is 0. The number of hydrogen-bond donors (Lipinski definition) is 0. The normalized spacial score (nSPS) is 8.00. The molecule has 0 spiro atoms. The molecule has 1 heterocycles. The Morgan fingerprint density at radius 2 is 2.36 bits per heavy atom. The lowest BCUT2D eigenvalue weighted by molar-refractivity contribution is 1.20. The molecule has 0 N–H and O–H groups in total. The Bertz CT molecular complexity index is 267. The highest BCUT2D eigenvalue weighted by molar-refractivity contribution is 9.08. The second-order valence-electron chi connectivity index (χ2n) is 1.76. The van der Waals surface area contributed by atoms with Gasteiger partial charge in [-0.3, -0.25) is 0 Å². The maximum absolute atomic E-state index is 8.52. The van der Waals surface area contributed by atoms with Gasteiger partial charge in [0.15, 0.2) is 0 Å². The zero-order valence-electron chi connectivity index (χ0n) is 5.62. The van der Waals surface area contributed by atoms with Crippen molar-refractivity contribution in [2.45, 2.75) is 5.33 Å². The number of hydrogen-bond acceptors (Lipinski definition) is 2. The van der Waals surface area contributed by atoms with E-state index in [2.05, 4.69) is 20.9 Å². The fraction of sp³-hybridized carbons (Fsp3) is 0.143. The number of alkyl halides is 1. The number of nitrogens with zero attached hydrogens (tertiary/aromatic N) is 2. The van der Waals surface area contributed by atoms with Crippen molar-refractivity contribution in [1.82, 2.24) is 4.98 Å². The van der Waals surface area contributed by atoms with Gasteiger partial charge in [-0.1, -0.05) is 22.0 Å². The molecule has 0 aliphatic rings. The van der Waals surface area contributed by atoms with E-state index in [1.54, 1.807) is 6.20 Å². The quantitative estimate of drug-likeness (QED) is 0.740. The number of nitriles is 1. The van der Waals surface area contributed by atoms with Crippen molar-refractivity contribution < 1.29 is 0 Å². The highest BCUT2D eigenvalue weighted by Gasteiger charge is 1.97. The summed E-state index contributed by atoms with van der Waals surface area (Å²) in [6.07, 6.45) is 1.62. The standard InChI is InChI=1S/C7H5BrN2.BrH/c8-4-6-2-1-3-10-7(6)5-9;/h1-3H,4H2;1H. The van der Waals surface area contributed by atoms with Crippen LogP contribution in [0, 0.1) is 11.3 Å². The first-order chi connectivity index (χ1) is 4.88. The molecule has 0 radical (unpaired) electrons. The van der Waals surface area contributed by atoms with E-state index < -0.39 is 0 Å². The summed E-state index contributed by atoms with van der Waals surface area (Å²) in [5.41, 5.74) is 1.43. The van der Waals surface area contributed by atoms with Gasteiger partial charge >= 0.3 is 0 Å². The smallest absolute Gasteiger partial charge is 0.144 e. The molecule has 1 aromatic rings. The van der Waals surface area contributed by atoms with Gasteiger partial charge in [0.2, 0.25) is 0 Å². The van der Waals surface area contributed by atoms with Crippen LogP contribution < -0.4 is 0 Å². The van der Waals surface area contributed by atoms with Gasteiger partial charge in [0, 0.05) is 11.5 Å². The SMILES string of the molecule is Br.N#Cc1ncccc1CBr. The van der Waals surface area contributed by atoms with Gasteiger partial charge in [-0.25, -0.2) is 4.98 Å². The third-order valence-corrected chi connectivity index (χ3v) is 1.75. The van der Waals surface area contributed by atoms with Crippen LogP contribution in [0.15, 0.2) is 18.3 Å². The second kappa shape index (κ2) is 5.28. The Morgan fingerprint density at radius 3 is 2.82 bits per heavy atom. The Labute approximate surface area is 84.2 Å². The summed E-state index contributed by atoms with van der Waals surface area (Å²) < 4.78 is 0. The van der Waals surface area contributed by atoms with Gasteiger partial charge in [0.05, 0.1) is 0 Å². The Hall–Kier alpha value is -0.400. The summed E-state index contributed by atoms with van der Waals surface area (Å²) in [5, 5.41) is 9.20. The molecule has 11 heavy (non-hydrogen) atoms. The average Bonchev–Trinajstić information content (AvgIpc) is 2.04. The van der Waals surface area contributed by atoms with Crippen molar-refractivity contribution in [2.75, 3.05) is 0 Å². The molecule has 1 rings (SSSR count). The lowest BCUT2D eigenvalue weighted by Crippen LogP contribution is -1.87. The van der Waals surface area contributed by atoms with E-state index in [0.717, 1.165) is 5.56 Å². The molecule has 0 aliphatic carbocycles. The molecule has 0 unspecified atom stereocenters. The van der Waals surface area contributed by atoms with Gasteiger partial charge in [-0.15, -0.1) is 17.0 Å². The maximum Gasteiger partial charge on any atom is 0.144 e. The molecule has 0 saturated heterocycles. The molecule has 0 fully saturated rings. The molecule has 58 valence electrons. The van der Waals surface area contributed by atoms with Crippen LogP contribution in [0.25, 0.3) is 0 Å². The van der Waals surface area contributed by atoms with E-state index in [1.807, 2.05) is 18.2 Å². The summed E-state index contributed by atoms with van der Waals surface area (Å²) in [4.78, 5) is 3.88. The minimum Gasteiger partial charge on any atom is -0.245 e.